The Kier molecular flexibility index (Phi) is 6.90. The van der Waals surface area contributed by atoms with Gasteiger partial charge in [0, 0.05) is 24.6 Å². The second-order valence-corrected chi connectivity index (χ2v) is 6.96. The van der Waals surface area contributed by atoms with E-state index in [1.165, 1.54) is 6.07 Å². The second-order valence-electron chi connectivity index (χ2n) is 4.04. The Morgan fingerprint density at radius 1 is 1.45 bits per heavy atom. The summed E-state index contributed by atoms with van der Waals surface area (Å²) in [5.74, 6) is 1.79. The maximum Gasteiger partial charge on any atom is 0.240 e. The molecule has 7 heteroatoms. The summed E-state index contributed by atoms with van der Waals surface area (Å²) in [7, 11) is -3.45. The fourth-order valence-corrected chi connectivity index (χ4v) is 3.20. The summed E-state index contributed by atoms with van der Waals surface area (Å²) in [5.41, 5.74) is 7.02. The molecular formula is C13H21N3O2S2. The van der Waals surface area contributed by atoms with Gasteiger partial charge >= 0.3 is 0 Å². The van der Waals surface area contributed by atoms with Crippen LogP contribution < -0.4 is 15.8 Å². The lowest BCUT2D eigenvalue weighted by Gasteiger charge is -2.11. The number of rotatable bonds is 9. The van der Waals surface area contributed by atoms with Gasteiger partial charge in [0.2, 0.25) is 10.0 Å². The molecule has 112 valence electrons. The number of sulfonamides is 1. The van der Waals surface area contributed by atoms with Crippen LogP contribution in [0, 0.1) is 0 Å². The van der Waals surface area contributed by atoms with Crippen molar-refractivity contribution in [3.05, 3.63) is 30.9 Å². The molecule has 1 aromatic carbocycles. The number of hydrogen-bond acceptors (Lipinski definition) is 5. The van der Waals surface area contributed by atoms with E-state index in [1.54, 1.807) is 30.8 Å². The zero-order valence-corrected chi connectivity index (χ0v) is 13.2. The van der Waals surface area contributed by atoms with E-state index in [9.17, 15) is 8.42 Å². The van der Waals surface area contributed by atoms with E-state index >= 15 is 0 Å². The normalized spacial score (nSPS) is 11.2. The fourth-order valence-electron chi connectivity index (χ4n) is 1.55. The van der Waals surface area contributed by atoms with Crippen LogP contribution in [0.25, 0.3) is 0 Å². The molecule has 0 saturated carbocycles. The van der Waals surface area contributed by atoms with Crippen molar-refractivity contribution in [3.63, 3.8) is 0 Å². The van der Waals surface area contributed by atoms with E-state index in [1.807, 2.05) is 6.08 Å². The van der Waals surface area contributed by atoms with E-state index in [0.717, 1.165) is 11.5 Å². The summed E-state index contributed by atoms with van der Waals surface area (Å²) >= 11 is 1.74. The molecule has 1 aromatic rings. The van der Waals surface area contributed by atoms with Gasteiger partial charge in [0.15, 0.2) is 0 Å². The van der Waals surface area contributed by atoms with Gasteiger partial charge in [0.05, 0.1) is 16.3 Å². The largest absolute Gasteiger partial charge is 0.397 e. The van der Waals surface area contributed by atoms with Crippen LogP contribution in [0.1, 0.15) is 6.92 Å². The zero-order valence-electron chi connectivity index (χ0n) is 11.6. The molecule has 0 aromatic heterocycles. The first-order chi connectivity index (χ1) is 9.51. The monoisotopic (exact) mass is 315 g/mol. The Hall–Kier alpha value is -1.18. The number of nitrogens with one attached hydrogen (secondary N) is 2. The van der Waals surface area contributed by atoms with Gasteiger partial charge in [-0.05, 0) is 18.2 Å². The van der Waals surface area contributed by atoms with E-state index < -0.39 is 10.0 Å². The minimum absolute atomic E-state index is 0.217. The highest BCUT2D eigenvalue weighted by atomic mass is 32.2. The first-order valence-electron chi connectivity index (χ1n) is 6.33. The van der Waals surface area contributed by atoms with E-state index in [-0.39, 0.29) is 4.90 Å². The molecule has 0 saturated heterocycles. The minimum atomic E-state index is -3.45. The van der Waals surface area contributed by atoms with Crippen molar-refractivity contribution >= 4 is 33.2 Å². The van der Waals surface area contributed by atoms with Crippen molar-refractivity contribution < 1.29 is 8.42 Å². The number of nitrogen functional groups attached to an aromatic ring is 1. The average molecular weight is 315 g/mol. The number of nitrogens with two attached hydrogens (primary N) is 1. The molecule has 0 spiro atoms. The first kappa shape index (κ1) is 16.9. The molecule has 0 bridgehead atoms. The lowest BCUT2D eigenvalue weighted by molar-refractivity contribution is 0.584. The molecule has 0 radical (unpaired) electrons. The third kappa shape index (κ3) is 5.07. The SMILES string of the molecule is C=CCSCCNc1cc(S(=O)(=O)NCC)ccc1N. The molecule has 0 unspecified atom stereocenters. The van der Waals surface area contributed by atoms with Crippen LogP contribution in [-0.2, 0) is 10.0 Å². The third-order valence-electron chi connectivity index (χ3n) is 2.47. The van der Waals surface area contributed by atoms with Crippen LogP contribution in [0.3, 0.4) is 0 Å². The van der Waals surface area contributed by atoms with Crippen molar-refractivity contribution in [2.45, 2.75) is 11.8 Å². The van der Waals surface area contributed by atoms with Crippen LogP contribution in [0.5, 0.6) is 0 Å². The number of benzene rings is 1. The summed E-state index contributed by atoms with van der Waals surface area (Å²) < 4.78 is 26.3. The van der Waals surface area contributed by atoms with Crippen LogP contribution in [0.15, 0.2) is 35.7 Å². The smallest absolute Gasteiger partial charge is 0.240 e. The van der Waals surface area contributed by atoms with Gasteiger partial charge in [-0.1, -0.05) is 13.0 Å². The molecule has 0 heterocycles. The van der Waals surface area contributed by atoms with Crippen molar-refractivity contribution in [1.29, 1.82) is 0 Å². The topological polar surface area (TPSA) is 84.2 Å². The number of thioether (sulfide) groups is 1. The third-order valence-corrected chi connectivity index (χ3v) is 4.97. The summed E-state index contributed by atoms with van der Waals surface area (Å²) in [4.78, 5) is 0.217. The lowest BCUT2D eigenvalue weighted by atomic mass is 10.2. The molecule has 1 rings (SSSR count). The first-order valence-corrected chi connectivity index (χ1v) is 8.96. The molecule has 0 fully saturated rings. The van der Waals surface area contributed by atoms with Gasteiger partial charge in [-0.3, -0.25) is 0 Å². The van der Waals surface area contributed by atoms with Gasteiger partial charge in [0.1, 0.15) is 0 Å². The molecule has 4 N–H and O–H groups in total. The summed E-state index contributed by atoms with van der Waals surface area (Å²) in [6.45, 7) is 6.46. The second kappa shape index (κ2) is 8.18. The Bertz CT molecular complexity index is 545. The zero-order chi connectivity index (χ0) is 15.0. The van der Waals surface area contributed by atoms with Crippen molar-refractivity contribution in [2.24, 2.45) is 0 Å². The number of anilines is 2. The molecule has 0 aliphatic carbocycles. The van der Waals surface area contributed by atoms with E-state index in [0.29, 0.717) is 24.5 Å². The average Bonchev–Trinajstić information content (AvgIpc) is 2.40. The van der Waals surface area contributed by atoms with Crippen molar-refractivity contribution in [1.82, 2.24) is 4.72 Å². The van der Waals surface area contributed by atoms with Gasteiger partial charge in [-0.15, -0.1) is 6.58 Å². The van der Waals surface area contributed by atoms with E-state index in [2.05, 4.69) is 16.6 Å². The molecule has 20 heavy (non-hydrogen) atoms. The van der Waals surface area contributed by atoms with Crippen LogP contribution in [-0.4, -0.2) is 33.0 Å². The standard InChI is InChI=1S/C13H21N3O2S2/c1-3-8-19-9-7-15-13-10-11(5-6-12(13)14)20(17,18)16-4-2/h3,5-6,10,15-16H,1,4,7-9,14H2,2H3. The summed E-state index contributed by atoms with van der Waals surface area (Å²) in [5, 5.41) is 3.15. The predicted molar refractivity (Wildman–Crippen MR) is 87.7 cm³/mol. The van der Waals surface area contributed by atoms with Crippen LogP contribution >= 0.6 is 11.8 Å². The molecule has 5 nitrogen and oxygen atoms in total. The van der Waals surface area contributed by atoms with Gasteiger partial charge in [-0.2, -0.15) is 11.8 Å². The summed E-state index contributed by atoms with van der Waals surface area (Å²) in [6.07, 6.45) is 1.85. The van der Waals surface area contributed by atoms with Gasteiger partial charge in [-0.25, -0.2) is 13.1 Å². The van der Waals surface area contributed by atoms with Crippen molar-refractivity contribution in [3.8, 4) is 0 Å². The van der Waals surface area contributed by atoms with Gasteiger partial charge in [0.25, 0.3) is 0 Å². The Balaban J connectivity index is 2.74. The Morgan fingerprint density at radius 3 is 2.85 bits per heavy atom. The molecular weight excluding hydrogens is 294 g/mol. The molecule has 0 aliphatic rings. The quantitative estimate of drug-likeness (QED) is 0.368. The minimum Gasteiger partial charge on any atom is -0.397 e. The molecule has 0 atom stereocenters. The van der Waals surface area contributed by atoms with Crippen LogP contribution in [0.2, 0.25) is 0 Å². The Labute approximate surface area is 125 Å². The maximum atomic E-state index is 11.9. The van der Waals surface area contributed by atoms with Gasteiger partial charge < -0.3 is 11.1 Å². The Morgan fingerprint density at radius 2 is 2.20 bits per heavy atom. The highest BCUT2D eigenvalue weighted by Crippen LogP contribution is 2.22. The van der Waals surface area contributed by atoms with Crippen LogP contribution in [0.4, 0.5) is 11.4 Å². The predicted octanol–water partition coefficient (Wildman–Crippen LogP) is 1.90. The lowest BCUT2D eigenvalue weighted by Crippen LogP contribution is -2.23. The highest BCUT2D eigenvalue weighted by Gasteiger charge is 2.14. The highest BCUT2D eigenvalue weighted by molar-refractivity contribution is 7.99. The van der Waals surface area contributed by atoms with Crippen molar-refractivity contribution in [2.75, 3.05) is 35.6 Å². The maximum absolute atomic E-state index is 11.9. The van der Waals surface area contributed by atoms with E-state index in [4.69, 9.17) is 5.73 Å². The fraction of sp³-hybridized carbons (Fsp3) is 0.385. The summed E-state index contributed by atoms with van der Waals surface area (Å²) in [6, 6.07) is 4.67. The number of hydrogen-bond donors (Lipinski definition) is 3. The molecule has 0 aliphatic heterocycles. The molecule has 0 amide bonds.